The maximum absolute atomic E-state index is 11.4. The quantitative estimate of drug-likeness (QED) is 0.846. The number of hydrogen-bond acceptors (Lipinski definition) is 5. The van der Waals surface area contributed by atoms with Crippen LogP contribution in [0.3, 0.4) is 0 Å². The van der Waals surface area contributed by atoms with Gasteiger partial charge >= 0.3 is 0 Å². The first-order valence-electron chi connectivity index (χ1n) is 7.22. The van der Waals surface area contributed by atoms with E-state index >= 15 is 0 Å². The van der Waals surface area contributed by atoms with E-state index in [1.165, 1.54) is 6.07 Å². The zero-order chi connectivity index (χ0) is 15.2. The van der Waals surface area contributed by atoms with Gasteiger partial charge in [-0.15, -0.1) is 0 Å². The number of aryl methyl sites for hydroxylation is 3. The Morgan fingerprint density at radius 1 is 1.14 bits per heavy atom. The van der Waals surface area contributed by atoms with Crippen molar-refractivity contribution in [1.82, 2.24) is 19.9 Å². The lowest BCUT2D eigenvalue weighted by Gasteiger charge is -2.08. The van der Waals surface area contributed by atoms with Crippen LogP contribution in [0, 0.1) is 13.8 Å². The molecule has 0 bridgehead atoms. The molecule has 0 amide bonds. The van der Waals surface area contributed by atoms with Crippen molar-refractivity contribution >= 4 is 5.82 Å². The lowest BCUT2D eigenvalue weighted by Crippen LogP contribution is -2.15. The minimum absolute atomic E-state index is 0.111. The van der Waals surface area contributed by atoms with Gasteiger partial charge in [-0.2, -0.15) is 0 Å². The summed E-state index contributed by atoms with van der Waals surface area (Å²) in [6.07, 6.45) is 2.65. The van der Waals surface area contributed by atoms with Crippen molar-refractivity contribution in [3.8, 4) is 0 Å². The Labute approximate surface area is 124 Å². The minimum Gasteiger partial charge on any atom is -0.370 e. The van der Waals surface area contributed by atoms with Gasteiger partial charge in [0.05, 0.1) is 0 Å². The summed E-state index contributed by atoms with van der Waals surface area (Å²) in [7, 11) is 0. The monoisotopic (exact) mass is 287 g/mol. The maximum Gasteiger partial charge on any atom is 0.251 e. The zero-order valence-electron chi connectivity index (χ0n) is 12.7. The van der Waals surface area contributed by atoms with Crippen molar-refractivity contribution in [2.75, 3.05) is 11.9 Å². The van der Waals surface area contributed by atoms with Crippen LogP contribution in [0.15, 0.2) is 16.9 Å². The Bertz CT molecular complexity index is 665. The van der Waals surface area contributed by atoms with Crippen LogP contribution in [0.5, 0.6) is 0 Å². The highest BCUT2D eigenvalue weighted by molar-refractivity contribution is 5.36. The highest BCUT2D eigenvalue weighted by Gasteiger charge is 2.02. The van der Waals surface area contributed by atoms with Crippen LogP contribution in [0.1, 0.15) is 36.4 Å². The summed E-state index contributed by atoms with van der Waals surface area (Å²) >= 11 is 0. The van der Waals surface area contributed by atoms with E-state index in [9.17, 15) is 4.79 Å². The van der Waals surface area contributed by atoms with Gasteiger partial charge in [0, 0.05) is 36.5 Å². The first kappa shape index (κ1) is 15.2. The molecule has 2 rings (SSSR count). The highest BCUT2D eigenvalue weighted by Crippen LogP contribution is 2.08. The van der Waals surface area contributed by atoms with E-state index in [2.05, 4.69) is 32.2 Å². The van der Waals surface area contributed by atoms with E-state index in [1.807, 2.05) is 19.9 Å². The number of nitrogens with zero attached hydrogens (tertiary/aromatic N) is 3. The standard InChI is InChI=1S/C15H21N5O/c1-4-5-12-9-14(19-11(3)18-12)16-7-6-13-17-10(2)8-15(21)20-13/h8-9H,4-7H2,1-3H3,(H,16,18,19)(H,17,20,21). The van der Waals surface area contributed by atoms with Gasteiger partial charge in [0.1, 0.15) is 17.5 Å². The number of aromatic amines is 1. The third-order valence-electron chi connectivity index (χ3n) is 2.98. The summed E-state index contributed by atoms with van der Waals surface area (Å²) in [6, 6.07) is 3.46. The average molecular weight is 287 g/mol. The molecule has 21 heavy (non-hydrogen) atoms. The maximum atomic E-state index is 11.4. The molecule has 0 aliphatic heterocycles. The number of aromatic nitrogens is 4. The van der Waals surface area contributed by atoms with Gasteiger partial charge in [0.15, 0.2) is 0 Å². The Morgan fingerprint density at radius 2 is 1.95 bits per heavy atom. The predicted molar refractivity (Wildman–Crippen MR) is 82.6 cm³/mol. The summed E-state index contributed by atoms with van der Waals surface area (Å²) in [5.74, 6) is 2.28. The van der Waals surface area contributed by atoms with Crippen molar-refractivity contribution < 1.29 is 0 Å². The fraction of sp³-hybridized carbons (Fsp3) is 0.467. The Balaban J connectivity index is 1.98. The third-order valence-corrected chi connectivity index (χ3v) is 2.98. The van der Waals surface area contributed by atoms with Crippen molar-refractivity contribution in [2.24, 2.45) is 0 Å². The van der Waals surface area contributed by atoms with Crippen LogP contribution in [-0.4, -0.2) is 26.5 Å². The molecule has 0 aromatic carbocycles. The van der Waals surface area contributed by atoms with E-state index < -0.39 is 0 Å². The number of anilines is 1. The van der Waals surface area contributed by atoms with Crippen LogP contribution in [-0.2, 0) is 12.8 Å². The fourth-order valence-electron chi connectivity index (χ4n) is 2.17. The summed E-state index contributed by atoms with van der Waals surface area (Å²) in [4.78, 5) is 27.2. The minimum atomic E-state index is -0.111. The molecule has 0 spiro atoms. The first-order valence-corrected chi connectivity index (χ1v) is 7.22. The van der Waals surface area contributed by atoms with Crippen molar-refractivity contribution in [3.63, 3.8) is 0 Å². The molecule has 0 radical (unpaired) electrons. The zero-order valence-corrected chi connectivity index (χ0v) is 12.7. The molecule has 2 aromatic rings. The molecular formula is C15H21N5O. The summed E-state index contributed by atoms with van der Waals surface area (Å²) < 4.78 is 0. The van der Waals surface area contributed by atoms with Gasteiger partial charge < -0.3 is 10.3 Å². The van der Waals surface area contributed by atoms with Crippen molar-refractivity contribution in [2.45, 2.75) is 40.0 Å². The molecule has 0 aliphatic rings. The van der Waals surface area contributed by atoms with Gasteiger partial charge in [0.25, 0.3) is 5.56 Å². The second kappa shape index (κ2) is 6.97. The van der Waals surface area contributed by atoms with E-state index in [4.69, 9.17) is 0 Å². The SMILES string of the molecule is CCCc1cc(NCCc2nc(C)cc(=O)[nH]2)nc(C)n1. The largest absolute Gasteiger partial charge is 0.370 e. The number of hydrogen-bond donors (Lipinski definition) is 2. The van der Waals surface area contributed by atoms with Crippen molar-refractivity contribution in [1.29, 1.82) is 0 Å². The predicted octanol–water partition coefficient (Wildman–Crippen LogP) is 1.78. The molecular weight excluding hydrogens is 266 g/mol. The van der Waals surface area contributed by atoms with Gasteiger partial charge in [-0.3, -0.25) is 4.79 Å². The lowest BCUT2D eigenvalue weighted by atomic mass is 10.2. The van der Waals surface area contributed by atoms with Gasteiger partial charge in [0.2, 0.25) is 0 Å². The fourth-order valence-corrected chi connectivity index (χ4v) is 2.17. The molecule has 2 aromatic heterocycles. The molecule has 0 aliphatic carbocycles. The van der Waals surface area contributed by atoms with Gasteiger partial charge in [-0.25, -0.2) is 15.0 Å². The van der Waals surface area contributed by atoms with Crippen LogP contribution in [0.2, 0.25) is 0 Å². The van der Waals surface area contributed by atoms with Crippen molar-refractivity contribution in [3.05, 3.63) is 45.5 Å². The average Bonchev–Trinajstić information content (AvgIpc) is 2.37. The second-order valence-corrected chi connectivity index (χ2v) is 5.05. The Hall–Kier alpha value is -2.24. The number of nitrogens with one attached hydrogen (secondary N) is 2. The molecule has 2 N–H and O–H groups in total. The van der Waals surface area contributed by atoms with Crippen LogP contribution in [0.4, 0.5) is 5.82 Å². The van der Waals surface area contributed by atoms with Gasteiger partial charge in [-0.1, -0.05) is 13.3 Å². The van der Waals surface area contributed by atoms with Crippen LogP contribution < -0.4 is 10.9 Å². The van der Waals surface area contributed by atoms with E-state index in [0.29, 0.717) is 18.8 Å². The molecule has 112 valence electrons. The van der Waals surface area contributed by atoms with E-state index in [1.54, 1.807) is 0 Å². The molecule has 0 unspecified atom stereocenters. The van der Waals surface area contributed by atoms with Gasteiger partial charge in [-0.05, 0) is 20.3 Å². The lowest BCUT2D eigenvalue weighted by molar-refractivity contribution is 0.843. The molecule has 0 fully saturated rings. The van der Waals surface area contributed by atoms with Crippen LogP contribution in [0.25, 0.3) is 0 Å². The highest BCUT2D eigenvalue weighted by atomic mass is 16.1. The molecule has 0 saturated heterocycles. The summed E-state index contributed by atoms with van der Waals surface area (Å²) in [5, 5.41) is 3.26. The smallest absolute Gasteiger partial charge is 0.251 e. The normalized spacial score (nSPS) is 10.6. The summed E-state index contributed by atoms with van der Waals surface area (Å²) in [6.45, 7) is 6.50. The van der Waals surface area contributed by atoms with E-state index in [-0.39, 0.29) is 5.56 Å². The molecule has 0 saturated carbocycles. The Morgan fingerprint density at radius 3 is 2.67 bits per heavy atom. The number of rotatable bonds is 6. The number of H-pyrrole nitrogens is 1. The Kier molecular flexibility index (Phi) is 5.03. The van der Waals surface area contributed by atoms with E-state index in [0.717, 1.165) is 35.9 Å². The molecule has 0 atom stereocenters. The second-order valence-electron chi connectivity index (χ2n) is 5.05. The third kappa shape index (κ3) is 4.66. The van der Waals surface area contributed by atoms with Crippen LogP contribution >= 0.6 is 0 Å². The summed E-state index contributed by atoms with van der Waals surface area (Å²) in [5.41, 5.74) is 1.67. The first-order chi connectivity index (χ1) is 10.1. The molecule has 6 heteroatoms. The molecule has 2 heterocycles. The topological polar surface area (TPSA) is 83.6 Å². The molecule has 6 nitrogen and oxygen atoms in total.